The first-order chi connectivity index (χ1) is 8.98. The number of hydrogen-bond acceptors (Lipinski definition) is 3. The molecule has 1 heterocycles. The summed E-state index contributed by atoms with van der Waals surface area (Å²) in [5.41, 5.74) is 0.450. The number of amides is 1. The Morgan fingerprint density at radius 2 is 2.05 bits per heavy atom. The van der Waals surface area contributed by atoms with Crippen molar-refractivity contribution in [1.29, 1.82) is 0 Å². The monoisotopic (exact) mass is 281 g/mol. The zero-order chi connectivity index (χ0) is 14.0. The lowest BCUT2D eigenvalue weighted by Crippen LogP contribution is -2.32. The number of rotatable bonds is 4. The summed E-state index contributed by atoms with van der Waals surface area (Å²) < 4.78 is 0. The maximum Gasteiger partial charge on any atom is 0.346 e. The highest BCUT2D eigenvalue weighted by Crippen LogP contribution is 2.42. The highest BCUT2D eigenvalue weighted by atomic mass is 32.1. The van der Waals surface area contributed by atoms with Gasteiger partial charge in [-0.05, 0) is 37.8 Å². The molecule has 0 atom stereocenters. The predicted molar refractivity (Wildman–Crippen MR) is 75.8 cm³/mol. The van der Waals surface area contributed by atoms with Crippen LogP contribution in [0.5, 0.6) is 0 Å². The molecule has 0 spiro atoms. The maximum atomic E-state index is 12.4. The van der Waals surface area contributed by atoms with Crippen molar-refractivity contribution in [3.8, 4) is 0 Å². The number of carboxylic acids is 1. The molecule has 0 aromatic carbocycles. The van der Waals surface area contributed by atoms with Gasteiger partial charge in [-0.25, -0.2) is 4.79 Å². The standard InChI is InChI=1S/C14H19NO3S/c1-3-14(6-4-5-7-14)13(18)15-10-8-9(2)11(19-10)12(16)17/h8H,3-7H2,1-2H3,(H,15,18)(H,16,17). The Kier molecular flexibility index (Phi) is 3.94. The van der Waals surface area contributed by atoms with E-state index in [2.05, 4.69) is 5.32 Å². The minimum Gasteiger partial charge on any atom is -0.477 e. The number of nitrogens with one attached hydrogen (secondary N) is 1. The zero-order valence-electron chi connectivity index (χ0n) is 11.3. The van der Waals surface area contributed by atoms with Crippen LogP contribution in [0.25, 0.3) is 0 Å². The molecule has 1 aromatic heterocycles. The summed E-state index contributed by atoms with van der Waals surface area (Å²) in [7, 11) is 0. The molecular weight excluding hydrogens is 262 g/mol. The fraction of sp³-hybridized carbons (Fsp3) is 0.571. The lowest BCUT2D eigenvalue weighted by atomic mass is 9.82. The smallest absolute Gasteiger partial charge is 0.346 e. The van der Waals surface area contributed by atoms with Gasteiger partial charge in [-0.2, -0.15) is 0 Å². The third kappa shape index (κ3) is 2.66. The maximum absolute atomic E-state index is 12.4. The molecule has 2 N–H and O–H groups in total. The first-order valence-electron chi connectivity index (χ1n) is 6.64. The lowest BCUT2D eigenvalue weighted by Gasteiger charge is -2.25. The molecule has 104 valence electrons. The normalized spacial score (nSPS) is 17.4. The summed E-state index contributed by atoms with van der Waals surface area (Å²) in [6.45, 7) is 3.80. The van der Waals surface area contributed by atoms with Crippen molar-refractivity contribution >= 4 is 28.2 Å². The molecule has 0 unspecified atom stereocenters. The van der Waals surface area contributed by atoms with E-state index in [0.29, 0.717) is 15.4 Å². The molecule has 4 nitrogen and oxygen atoms in total. The molecule has 1 aromatic rings. The minimum absolute atomic E-state index is 0.0469. The number of hydrogen-bond donors (Lipinski definition) is 2. The van der Waals surface area contributed by atoms with E-state index in [9.17, 15) is 9.59 Å². The van der Waals surface area contributed by atoms with Gasteiger partial charge in [0.05, 0.1) is 5.00 Å². The van der Waals surface area contributed by atoms with Crippen LogP contribution in [0.1, 0.15) is 54.3 Å². The summed E-state index contributed by atoms with van der Waals surface area (Å²) in [6, 6.07) is 1.74. The molecule has 2 rings (SSSR count). The van der Waals surface area contributed by atoms with E-state index in [1.165, 1.54) is 0 Å². The van der Waals surface area contributed by atoms with Crippen molar-refractivity contribution in [3.63, 3.8) is 0 Å². The van der Waals surface area contributed by atoms with E-state index in [4.69, 9.17) is 5.11 Å². The number of carbonyl (C=O) groups is 2. The van der Waals surface area contributed by atoms with Crippen LogP contribution in [0.15, 0.2) is 6.07 Å². The molecule has 19 heavy (non-hydrogen) atoms. The highest BCUT2D eigenvalue weighted by Gasteiger charge is 2.39. The molecule has 0 aliphatic heterocycles. The molecule has 0 bridgehead atoms. The van der Waals surface area contributed by atoms with Crippen LogP contribution in [0.4, 0.5) is 5.00 Å². The largest absolute Gasteiger partial charge is 0.477 e. The molecule has 5 heteroatoms. The summed E-state index contributed by atoms with van der Waals surface area (Å²) in [6.07, 6.45) is 4.92. The van der Waals surface area contributed by atoms with E-state index >= 15 is 0 Å². The quantitative estimate of drug-likeness (QED) is 0.885. The second kappa shape index (κ2) is 5.33. The minimum atomic E-state index is -0.936. The fourth-order valence-electron chi connectivity index (χ4n) is 2.79. The van der Waals surface area contributed by atoms with Crippen LogP contribution >= 0.6 is 11.3 Å². The number of thiophene rings is 1. The molecule has 1 amide bonds. The van der Waals surface area contributed by atoms with Crippen molar-refractivity contribution < 1.29 is 14.7 Å². The van der Waals surface area contributed by atoms with E-state index < -0.39 is 5.97 Å². The van der Waals surface area contributed by atoms with Crippen molar-refractivity contribution in [2.75, 3.05) is 5.32 Å². The lowest BCUT2D eigenvalue weighted by molar-refractivity contribution is -0.125. The number of aryl methyl sites for hydroxylation is 1. The second-order valence-corrected chi connectivity index (χ2v) is 6.28. The average molecular weight is 281 g/mol. The second-order valence-electron chi connectivity index (χ2n) is 5.22. The molecule has 0 saturated heterocycles. The van der Waals surface area contributed by atoms with Crippen LogP contribution in [0, 0.1) is 12.3 Å². The first-order valence-corrected chi connectivity index (χ1v) is 7.45. The Balaban J connectivity index is 2.14. The van der Waals surface area contributed by atoms with Gasteiger partial charge in [0.25, 0.3) is 0 Å². The van der Waals surface area contributed by atoms with Gasteiger partial charge in [-0.1, -0.05) is 19.8 Å². The third-order valence-electron chi connectivity index (χ3n) is 4.07. The molecular formula is C14H19NO3S. The number of aromatic carboxylic acids is 1. The van der Waals surface area contributed by atoms with Crippen molar-refractivity contribution in [2.24, 2.45) is 5.41 Å². The van der Waals surface area contributed by atoms with Crippen molar-refractivity contribution in [2.45, 2.75) is 46.0 Å². The van der Waals surface area contributed by atoms with Gasteiger partial charge in [-0.15, -0.1) is 11.3 Å². The van der Waals surface area contributed by atoms with Crippen molar-refractivity contribution in [1.82, 2.24) is 0 Å². The summed E-state index contributed by atoms with van der Waals surface area (Å²) >= 11 is 1.13. The van der Waals surface area contributed by atoms with Crippen LogP contribution in [0.3, 0.4) is 0 Å². The van der Waals surface area contributed by atoms with Gasteiger partial charge in [0, 0.05) is 5.41 Å². The van der Waals surface area contributed by atoms with Gasteiger partial charge < -0.3 is 10.4 Å². The Hall–Kier alpha value is -1.36. The Morgan fingerprint density at radius 3 is 2.53 bits per heavy atom. The molecule has 1 saturated carbocycles. The number of anilines is 1. The Morgan fingerprint density at radius 1 is 1.42 bits per heavy atom. The van der Waals surface area contributed by atoms with Crippen LogP contribution in [0.2, 0.25) is 0 Å². The van der Waals surface area contributed by atoms with E-state index in [1.54, 1.807) is 13.0 Å². The highest BCUT2D eigenvalue weighted by molar-refractivity contribution is 7.18. The fourth-order valence-corrected chi connectivity index (χ4v) is 3.70. The van der Waals surface area contributed by atoms with Crippen LogP contribution in [-0.2, 0) is 4.79 Å². The number of carboxylic acid groups (broad SMARTS) is 1. The van der Waals surface area contributed by atoms with E-state index in [-0.39, 0.29) is 11.3 Å². The van der Waals surface area contributed by atoms with Gasteiger partial charge in [0.1, 0.15) is 4.88 Å². The summed E-state index contributed by atoms with van der Waals surface area (Å²) in [5.74, 6) is -0.889. The van der Waals surface area contributed by atoms with Crippen molar-refractivity contribution in [3.05, 3.63) is 16.5 Å². The predicted octanol–water partition coefficient (Wildman–Crippen LogP) is 3.66. The van der Waals surface area contributed by atoms with Gasteiger partial charge in [0.2, 0.25) is 5.91 Å². The Bertz CT molecular complexity index is 501. The zero-order valence-corrected chi connectivity index (χ0v) is 12.1. The molecule has 1 aliphatic carbocycles. The molecule has 1 fully saturated rings. The van der Waals surface area contributed by atoms with Crippen LogP contribution < -0.4 is 5.32 Å². The Labute approximate surface area is 116 Å². The van der Waals surface area contributed by atoms with E-state index in [1.807, 2.05) is 6.92 Å². The number of carbonyl (C=O) groups excluding carboxylic acids is 1. The van der Waals surface area contributed by atoms with Gasteiger partial charge >= 0.3 is 5.97 Å². The first kappa shape index (κ1) is 14.1. The van der Waals surface area contributed by atoms with Gasteiger partial charge in [0.15, 0.2) is 0 Å². The van der Waals surface area contributed by atoms with Crippen LogP contribution in [-0.4, -0.2) is 17.0 Å². The molecule has 1 aliphatic rings. The SMILES string of the molecule is CCC1(C(=O)Nc2cc(C)c(C(=O)O)s2)CCCC1. The third-order valence-corrected chi connectivity index (χ3v) is 5.21. The summed E-state index contributed by atoms with van der Waals surface area (Å²) in [4.78, 5) is 23.7. The summed E-state index contributed by atoms with van der Waals surface area (Å²) in [5, 5.41) is 12.6. The molecule has 0 radical (unpaired) electrons. The average Bonchev–Trinajstić information content (AvgIpc) is 2.96. The topological polar surface area (TPSA) is 66.4 Å². The van der Waals surface area contributed by atoms with Gasteiger partial charge in [-0.3, -0.25) is 4.79 Å². The van der Waals surface area contributed by atoms with E-state index in [0.717, 1.165) is 43.4 Å².